The van der Waals surface area contributed by atoms with Crippen LogP contribution in [0.5, 0.6) is 5.75 Å². The molecule has 0 saturated heterocycles. The number of nitrogens with one attached hydrogen (secondary N) is 2. The molecule has 6 nitrogen and oxygen atoms in total. The highest BCUT2D eigenvalue weighted by atomic mass is 127. The molecule has 2 aromatic rings. The summed E-state index contributed by atoms with van der Waals surface area (Å²) < 4.78 is 34.3. The quantitative estimate of drug-likeness (QED) is 0.549. The molecule has 0 unspecified atom stereocenters. The fourth-order valence-corrected chi connectivity index (χ4v) is 4.77. The Kier molecular flexibility index (Phi) is 7.30. The van der Waals surface area contributed by atoms with Gasteiger partial charge in [0.25, 0.3) is 5.91 Å². The number of ether oxygens (including phenoxy) is 1. The van der Waals surface area contributed by atoms with Crippen molar-refractivity contribution < 1.29 is 17.9 Å². The highest BCUT2D eigenvalue weighted by Crippen LogP contribution is 2.21. The molecule has 1 fully saturated rings. The number of hydrogen-bond acceptors (Lipinski definition) is 4. The first kappa shape index (κ1) is 21.1. The lowest BCUT2D eigenvalue weighted by atomic mass is 9.96. The van der Waals surface area contributed by atoms with Gasteiger partial charge in [0.1, 0.15) is 5.75 Å². The van der Waals surface area contributed by atoms with E-state index in [4.69, 9.17) is 4.74 Å². The summed E-state index contributed by atoms with van der Waals surface area (Å²) in [6.45, 7) is -0.154. The first-order valence-corrected chi connectivity index (χ1v) is 11.8. The van der Waals surface area contributed by atoms with E-state index in [0.29, 0.717) is 11.4 Å². The number of rotatable bonds is 7. The van der Waals surface area contributed by atoms with Crippen LogP contribution in [0.3, 0.4) is 0 Å². The molecule has 0 aromatic heterocycles. The average molecular weight is 514 g/mol. The monoisotopic (exact) mass is 514 g/mol. The number of hydrogen-bond donors (Lipinski definition) is 2. The maximum absolute atomic E-state index is 12.5. The van der Waals surface area contributed by atoms with Gasteiger partial charge in [-0.15, -0.1) is 0 Å². The first-order valence-electron chi connectivity index (χ1n) is 9.23. The van der Waals surface area contributed by atoms with Gasteiger partial charge in [-0.25, -0.2) is 13.1 Å². The molecular weight excluding hydrogens is 491 g/mol. The lowest BCUT2D eigenvalue weighted by molar-refractivity contribution is -0.118. The third-order valence-electron chi connectivity index (χ3n) is 4.56. The van der Waals surface area contributed by atoms with Crippen molar-refractivity contribution in [2.75, 3.05) is 11.9 Å². The normalized spacial score (nSPS) is 15.2. The summed E-state index contributed by atoms with van der Waals surface area (Å²) in [4.78, 5) is 12.2. The van der Waals surface area contributed by atoms with Crippen LogP contribution in [0.1, 0.15) is 32.1 Å². The zero-order valence-corrected chi connectivity index (χ0v) is 18.3. The van der Waals surface area contributed by atoms with Crippen LogP contribution < -0.4 is 14.8 Å². The van der Waals surface area contributed by atoms with Gasteiger partial charge in [0.2, 0.25) is 10.0 Å². The van der Waals surface area contributed by atoms with E-state index in [9.17, 15) is 13.2 Å². The summed E-state index contributed by atoms with van der Waals surface area (Å²) in [5.74, 6) is 0.159. The molecule has 150 valence electrons. The number of carbonyl (C=O) groups excluding carboxylic acids is 1. The summed E-state index contributed by atoms with van der Waals surface area (Å²) >= 11 is 2.19. The third-order valence-corrected chi connectivity index (χ3v) is 6.81. The fourth-order valence-electron chi connectivity index (χ4n) is 3.10. The zero-order chi connectivity index (χ0) is 20.0. The second-order valence-electron chi connectivity index (χ2n) is 6.77. The highest BCUT2D eigenvalue weighted by molar-refractivity contribution is 14.1. The predicted octanol–water partition coefficient (Wildman–Crippen LogP) is 3.92. The summed E-state index contributed by atoms with van der Waals surface area (Å²) in [6.07, 6.45) is 5.06. The molecule has 28 heavy (non-hydrogen) atoms. The summed E-state index contributed by atoms with van der Waals surface area (Å²) in [7, 11) is -3.54. The van der Waals surface area contributed by atoms with Crippen LogP contribution in [-0.2, 0) is 14.8 Å². The maximum atomic E-state index is 12.5. The minimum Gasteiger partial charge on any atom is -0.484 e. The molecule has 1 amide bonds. The Morgan fingerprint density at radius 1 is 1.00 bits per heavy atom. The van der Waals surface area contributed by atoms with E-state index in [0.717, 1.165) is 29.3 Å². The van der Waals surface area contributed by atoms with E-state index in [1.54, 1.807) is 12.1 Å². The maximum Gasteiger partial charge on any atom is 0.262 e. The molecule has 0 heterocycles. The molecule has 0 radical (unpaired) electrons. The third kappa shape index (κ3) is 6.18. The van der Waals surface area contributed by atoms with Crippen LogP contribution >= 0.6 is 22.6 Å². The van der Waals surface area contributed by atoms with Gasteiger partial charge < -0.3 is 10.1 Å². The van der Waals surface area contributed by atoms with Crippen molar-refractivity contribution in [1.82, 2.24) is 4.72 Å². The standard InChI is InChI=1S/C20H23IN2O4S/c21-15-6-8-16(9-7-15)22-20(24)14-27-18-10-12-19(13-11-18)28(25,26)23-17-4-2-1-3-5-17/h6-13,17,23H,1-5,14H2,(H,22,24). The summed E-state index contributed by atoms with van der Waals surface area (Å²) in [5.41, 5.74) is 0.698. The van der Waals surface area contributed by atoms with Gasteiger partial charge in [-0.05, 0) is 84.0 Å². The van der Waals surface area contributed by atoms with Crippen LogP contribution in [0.25, 0.3) is 0 Å². The highest BCUT2D eigenvalue weighted by Gasteiger charge is 2.21. The lowest BCUT2D eigenvalue weighted by Crippen LogP contribution is -2.36. The molecular formula is C20H23IN2O4S. The van der Waals surface area contributed by atoms with Gasteiger partial charge in [-0.1, -0.05) is 19.3 Å². The van der Waals surface area contributed by atoms with Gasteiger partial charge >= 0.3 is 0 Å². The van der Waals surface area contributed by atoms with Crippen LogP contribution in [0, 0.1) is 3.57 Å². The van der Waals surface area contributed by atoms with Gasteiger partial charge in [-0.2, -0.15) is 0 Å². The number of halogens is 1. The van der Waals surface area contributed by atoms with Crippen LogP contribution in [0.4, 0.5) is 5.69 Å². The van der Waals surface area contributed by atoms with Gasteiger partial charge in [-0.3, -0.25) is 4.79 Å². The van der Waals surface area contributed by atoms with Crippen molar-refractivity contribution in [3.63, 3.8) is 0 Å². The first-order chi connectivity index (χ1) is 13.4. The Morgan fingerprint density at radius 2 is 1.64 bits per heavy atom. The number of carbonyl (C=O) groups is 1. The van der Waals surface area contributed by atoms with Crippen molar-refractivity contribution in [2.24, 2.45) is 0 Å². The lowest BCUT2D eigenvalue weighted by Gasteiger charge is -2.22. The average Bonchev–Trinajstić information content (AvgIpc) is 2.69. The second-order valence-corrected chi connectivity index (χ2v) is 9.73. The van der Waals surface area contributed by atoms with E-state index in [-0.39, 0.29) is 23.5 Å². The predicted molar refractivity (Wildman–Crippen MR) is 117 cm³/mol. The van der Waals surface area contributed by atoms with Crippen molar-refractivity contribution in [3.8, 4) is 5.75 Å². The Balaban J connectivity index is 1.52. The van der Waals surface area contributed by atoms with E-state index in [2.05, 4.69) is 32.6 Å². The Bertz CT molecular complexity index is 893. The number of sulfonamides is 1. The van der Waals surface area contributed by atoms with E-state index in [1.165, 1.54) is 18.6 Å². The molecule has 0 atom stereocenters. The fraction of sp³-hybridized carbons (Fsp3) is 0.350. The topological polar surface area (TPSA) is 84.5 Å². The van der Waals surface area contributed by atoms with Crippen LogP contribution in [0.2, 0.25) is 0 Å². The molecule has 1 saturated carbocycles. The van der Waals surface area contributed by atoms with Crippen molar-refractivity contribution in [3.05, 3.63) is 52.1 Å². The molecule has 0 spiro atoms. The van der Waals surface area contributed by atoms with Gasteiger partial charge in [0, 0.05) is 15.3 Å². The van der Waals surface area contributed by atoms with E-state index in [1.807, 2.05) is 24.3 Å². The minimum absolute atomic E-state index is 0.0136. The van der Waals surface area contributed by atoms with Gasteiger partial charge in [0.05, 0.1) is 4.90 Å². The summed E-state index contributed by atoms with van der Waals surface area (Å²) in [6, 6.07) is 13.6. The summed E-state index contributed by atoms with van der Waals surface area (Å²) in [5, 5.41) is 2.75. The SMILES string of the molecule is O=C(COc1ccc(S(=O)(=O)NC2CCCCC2)cc1)Nc1ccc(I)cc1. The van der Waals surface area contributed by atoms with E-state index >= 15 is 0 Å². The second kappa shape index (κ2) is 9.71. The molecule has 3 rings (SSSR count). The zero-order valence-electron chi connectivity index (χ0n) is 15.4. The Hall–Kier alpha value is -1.65. The van der Waals surface area contributed by atoms with E-state index < -0.39 is 10.0 Å². The van der Waals surface area contributed by atoms with Gasteiger partial charge in [0.15, 0.2) is 6.61 Å². The molecule has 8 heteroatoms. The number of amides is 1. The van der Waals surface area contributed by atoms with Crippen molar-refractivity contribution in [2.45, 2.75) is 43.0 Å². The van der Waals surface area contributed by atoms with Crippen LogP contribution in [0.15, 0.2) is 53.4 Å². The molecule has 2 aromatic carbocycles. The van der Waals surface area contributed by atoms with Crippen molar-refractivity contribution in [1.29, 1.82) is 0 Å². The largest absolute Gasteiger partial charge is 0.484 e. The Morgan fingerprint density at radius 3 is 2.29 bits per heavy atom. The smallest absolute Gasteiger partial charge is 0.262 e. The molecule has 1 aliphatic rings. The molecule has 0 aliphatic heterocycles. The van der Waals surface area contributed by atoms with Crippen LogP contribution in [-0.4, -0.2) is 27.0 Å². The Labute approximate surface area is 179 Å². The molecule has 2 N–H and O–H groups in total. The number of anilines is 1. The number of benzene rings is 2. The molecule has 1 aliphatic carbocycles. The minimum atomic E-state index is -3.54. The van der Waals surface area contributed by atoms with Crippen molar-refractivity contribution >= 4 is 44.2 Å². The molecule has 0 bridgehead atoms.